The Morgan fingerprint density at radius 3 is 3.20 bits per heavy atom. The zero-order valence-electron chi connectivity index (χ0n) is 8.22. The van der Waals surface area contributed by atoms with Gasteiger partial charge < -0.3 is 5.32 Å². The zero-order chi connectivity index (χ0) is 10.1. The molecule has 3 rings (SSSR count). The third-order valence-corrected chi connectivity index (χ3v) is 2.58. The van der Waals surface area contributed by atoms with Crippen LogP contribution in [0.1, 0.15) is 11.3 Å². The second kappa shape index (κ2) is 3.43. The Hall–Kier alpha value is -1.75. The lowest BCUT2D eigenvalue weighted by atomic mass is 10.1. The van der Waals surface area contributed by atoms with E-state index in [4.69, 9.17) is 0 Å². The summed E-state index contributed by atoms with van der Waals surface area (Å²) in [7, 11) is 0. The molecular weight excluding hydrogens is 190 g/mol. The van der Waals surface area contributed by atoms with E-state index >= 15 is 0 Å². The molecule has 2 aromatic rings. The molecule has 0 spiro atoms. The monoisotopic (exact) mass is 201 g/mol. The summed E-state index contributed by atoms with van der Waals surface area (Å²) in [5.41, 5.74) is 2.29. The normalized spacial score (nSPS) is 14.9. The first-order chi connectivity index (χ1) is 7.45. The summed E-state index contributed by atoms with van der Waals surface area (Å²) in [4.78, 5) is 8.57. The maximum absolute atomic E-state index is 4.30. The Bertz CT molecular complexity index is 463. The molecule has 5 nitrogen and oxygen atoms in total. The van der Waals surface area contributed by atoms with Crippen LogP contribution in [0.5, 0.6) is 0 Å². The van der Waals surface area contributed by atoms with Gasteiger partial charge in [-0.05, 0) is 19.0 Å². The third kappa shape index (κ3) is 1.41. The van der Waals surface area contributed by atoms with Crippen LogP contribution >= 0.6 is 0 Å². The molecule has 1 aliphatic rings. The van der Waals surface area contributed by atoms with Crippen molar-refractivity contribution in [3.8, 4) is 5.82 Å². The van der Waals surface area contributed by atoms with Crippen LogP contribution in [0.4, 0.5) is 0 Å². The molecular formula is C10H11N5. The first-order valence-corrected chi connectivity index (χ1v) is 4.98. The molecule has 76 valence electrons. The van der Waals surface area contributed by atoms with Crippen molar-refractivity contribution in [1.82, 2.24) is 25.1 Å². The van der Waals surface area contributed by atoms with Gasteiger partial charge in [0.2, 0.25) is 0 Å². The van der Waals surface area contributed by atoms with Crippen LogP contribution in [0.25, 0.3) is 5.82 Å². The van der Waals surface area contributed by atoms with Crippen LogP contribution in [0.15, 0.2) is 24.8 Å². The van der Waals surface area contributed by atoms with E-state index < -0.39 is 0 Å². The van der Waals surface area contributed by atoms with Crippen molar-refractivity contribution in [1.29, 1.82) is 0 Å². The highest BCUT2D eigenvalue weighted by molar-refractivity contribution is 5.37. The van der Waals surface area contributed by atoms with Crippen molar-refractivity contribution < 1.29 is 0 Å². The smallest absolute Gasteiger partial charge is 0.160 e. The topological polar surface area (TPSA) is 55.6 Å². The van der Waals surface area contributed by atoms with Crippen molar-refractivity contribution in [3.63, 3.8) is 0 Å². The molecule has 5 heteroatoms. The highest BCUT2D eigenvalue weighted by Crippen LogP contribution is 2.16. The Labute approximate surface area is 87.2 Å². The highest BCUT2D eigenvalue weighted by Gasteiger charge is 2.15. The van der Waals surface area contributed by atoms with E-state index in [9.17, 15) is 0 Å². The van der Waals surface area contributed by atoms with Gasteiger partial charge in [-0.2, -0.15) is 5.10 Å². The van der Waals surface area contributed by atoms with Crippen molar-refractivity contribution in [3.05, 3.63) is 36.0 Å². The van der Waals surface area contributed by atoms with E-state index in [0.29, 0.717) is 0 Å². The summed E-state index contributed by atoms with van der Waals surface area (Å²) in [5, 5.41) is 7.49. The maximum Gasteiger partial charge on any atom is 0.160 e. The average Bonchev–Trinajstić information content (AvgIpc) is 2.82. The largest absolute Gasteiger partial charge is 0.311 e. The number of nitrogens with one attached hydrogen (secondary N) is 1. The summed E-state index contributed by atoms with van der Waals surface area (Å²) < 4.78 is 1.80. The first-order valence-electron chi connectivity index (χ1n) is 4.98. The number of hydrogen-bond donors (Lipinski definition) is 1. The lowest BCUT2D eigenvalue weighted by Gasteiger charge is -2.17. The van der Waals surface area contributed by atoms with Crippen LogP contribution in [0.3, 0.4) is 0 Å². The minimum absolute atomic E-state index is 0.826. The van der Waals surface area contributed by atoms with Gasteiger partial charge in [0.1, 0.15) is 6.33 Å². The van der Waals surface area contributed by atoms with Crippen LogP contribution in [-0.2, 0) is 13.0 Å². The predicted octanol–water partition coefficient (Wildman–Crippen LogP) is 0.308. The van der Waals surface area contributed by atoms with Gasteiger partial charge in [-0.25, -0.2) is 14.6 Å². The number of hydrogen-bond acceptors (Lipinski definition) is 4. The molecule has 3 heterocycles. The molecule has 0 aromatic carbocycles. The van der Waals surface area contributed by atoms with Crippen molar-refractivity contribution in [2.45, 2.75) is 13.0 Å². The molecule has 0 aliphatic carbocycles. The van der Waals surface area contributed by atoms with Crippen LogP contribution in [-0.4, -0.2) is 26.3 Å². The fourth-order valence-electron chi connectivity index (χ4n) is 1.86. The van der Waals surface area contributed by atoms with E-state index in [1.807, 2.05) is 12.3 Å². The molecule has 1 N–H and O–H groups in total. The molecule has 0 saturated heterocycles. The van der Waals surface area contributed by atoms with Gasteiger partial charge in [0, 0.05) is 24.5 Å². The van der Waals surface area contributed by atoms with Gasteiger partial charge in [0.25, 0.3) is 0 Å². The first kappa shape index (κ1) is 8.55. The second-order valence-corrected chi connectivity index (χ2v) is 3.50. The van der Waals surface area contributed by atoms with Gasteiger partial charge in [-0.3, -0.25) is 0 Å². The molecule has 2 aromatic heterocycles. The van der Waals surface area contributed by atoms with Gasteiger partial charge in [-0.15, -0.1) is 0 Å². The van der Waals surface area contributed by atoms with E-state index in [0.717, 1.165) is 31.0 Å². The lowest BCUT2D eigenvalue weighted by molar-refractivity contribution is 0.615. The van der Waals surface area contributed by atoms with Crippen LogP contribution in [0, 0.1) is 0 Å². The Kier molecular flexibility index (Phi) is 1.96. The summed E-state index contributed by atoms with van der Waals surface area (Å²) in [6.45, 7) is 1.81. The van der Waals surface area contributed by atoms with Crippen LogP contribution in [0.2, 0.25) is 0 Å². The Morgan fingerprint density at radius 1 is 1.33 bits per heavy atom. The summed E-state index contributed by atoms with van der Waals surface area (Å²) in [6, 6.07) is 1.90. The van der Waals surface area contributed by atoms with Gasteiger partial charge in [0.15, 0.2) is 5.82 Å². The fraction of sp³-hybridized carbons (Fsp3) is 0.300. The van der Waals surface area contributed by atoms with E-state index in [1.165, 1.54) is 5.56 Å². The number of nitrogens with zero attached hydrogens (tertiary/aromatic N) is 4. The highest BCUT2D eigenvalue weighted by atomic mass is 15.3. The third-order valence-electron chi connectivity index (χ3n) is 2.58. The molecule has 0 radical (unpaired) electrons. The average molecular weight is 201 g/mol. The molecule has 0 atom stereocenters. The fourth-order valence-corrected chi connectivity index (χ4v) is 1.86. The molecule has 1 aliphatic heterocycles. The molecule has 15 heavy (non-hydrogen) atoms. The van der Waals surface area contributed by atoms with E-state index in [-0.39, 0.29) is 0 Å². The molecule has 0 bridgehead atoms. The van der Waals surface area contributed by atoms with Gasteiger partial charge in [-0.1, -0.05) is 0 Å². The minimum atomic E-state index is 0.826. The zero-order valence-corrected chi connectivity index (χ0v) is 8.22. The quantitative estimate of drug-likeness (QED) is 0.721. The number of aromatic nitrogens is 4. The maximum atomic E-state index is 4.30. The predicted molar refractivity (Wildman–Crippen MR) is 54.6 cm³/mol. The number of fused-ring (bicyclic) bond motifs is 1. The van der Waals surface area contributed by atoms with E-state index in [1.54, 1.807) is 17.2 Å². The van der Waals surface area contributed by atoms with Crippen molar-refractivity contribution in [2.24, 2.45) is 0 Å². The Morgan fingerprint density at radius 2 is 2.33 bits per heavy atom. The molecule has 0 fully saturated rings. The Balaban J connectivity index is 2.15. The molecule has 0 saturated carbocycles. The molecule has 0 amide bonds. The van der Waals surface area contributed by atoms with Gasteiger partial charge >= 0.3 is 0 Å². The van der Waals surface area contributed by atoms with E-state index in [2.05, 4.69) is 20.4 Å². The standard InChI is InChI=1S/C10H11N5/c1-3-14-15(5-1)10-8-2-4-11-6-9(8)12-7-13-10/h1,3,5,7,11H,2,4,6H2. The van der Waals surface area contributed by atoms with Crippen molar-refractivity contribution >= 4 is 0 Å². The number of rotatable bonds is 1. The molecule has 0 unspecified atom stereocenters. The minimum Gasteiger partial charge on any atom is -0.311 e. The summed E-state index contributed by atoms with van der Waals surface area (Å²) >= 11 is 0. The second-order valence-electron chi connectivity index (χ2n) is 3.50. The van der Waals surface area contributed by atoms with Crippen molar-refractivity contribution in [2.75, 3.05) is 6.54 Å². The SMILES string of the molecule is c1cnn(-c2ncnc3c2CCNC3)c1. The van der Waals surface area contributed by atoms with Crippen LogP contribution < -0.4 is 5.32 Å². The summed E-state index contributed by atoms with van der Waals surface area (Å²) in [6.07, 6.45) is 6.23. The lowest BCUT2D eigenvalue weighted by Crippen LogP contribution is -2.26. The summed E-state index contributed by atoms with van der Waals surface area (Å²) in [5.74, 6) is 0.909. The van der Waals surface area contributed by atoms with Gasteiger partial charge in [0.05, 0.1) is 5.69 Å².